The largest absolute Gasteiger partial charge is 0.506 e. The summed E-state index contributed by atoms with van der Waals surface area (Å²) in [5.74, 6) is -0.159. The number of aromatic hydroxyl groups is 1. The van der Waals surface area contributed by atoms with Crippen LogP contribution in [0.25, 0.3) is 11.1 Å². The number of carbonyl (C=O) groups excluding carboxylic acids is 2. The molecule has 3 aromatic rings. The van der Waals surface area contributed by atoms with Gasteiger partial charge in [-0.05, 0) is 41.5 Å². The summed E-state index contributed by atoms with van der Waals surface area (Å²) < 4.78 is 0. The number of urea groups is 2. The second-order valence-corrected chi connectivity index (χ2v) is 5.77. The van der Waals surface area contributed by atoms with Crippen molar-refractivity contribution in [2.75, 3.05) is 10.6 Å². The van der Waals surface area contributed by atoms with Crippen molar-refractivity contribution in [3.63, 3.8) is 0 Å². The number of nitriles is 1. The van der Waals surface area contributed by atoms with Crippen molar-refractivity contribution in [2.24, 2.45) is 11.5 Å². The van der Waals surface area contributed by atoms with Crippen LogP contribution in [0.1, 0.15) is 5.56 Å². The lowest BCUT2D eigenvalue weighted by molar-refractivity contribution is 0.256. The van der Waals surface area contributed by atoms with Crippen LogP contribution < -0.4 is 22.1 Å². The predicted octanol–water partition coefficient (Wildman–Crippen LogP) is 3.60. The number of nitrogens with two attached hydrogens (primary N) is 2. The van der Waals surface area contributed by atoms with Gasteiger partial charge in [-0.25, -0.2) is 9.59 Å². The summed E-state index contributed by atoms with van der Waals surface area (Å²) >= 11 is 0. The lowest BCUT2D eigenvalue weighted by atomic mass is 10.1. The fourth-order valence-electron chi connectivity index (χ4n) is 2.37. The molecule has 0 spiro atoms. The van der Waals surface area contributed by atoms with Crippen molar-refractivity contribution < 1.29 is 14.7 Å². The van der Waals surface area contributed by atoms with Crippen LogP contribution in [0.3, 0.4) is 0 Å². The molecule has 0 saturated carbocycles. The first-order valence-electron chi connectivity index (χ1n) is 8.40. The van der Waals surface area contributed by atoms with E-state index in [9.17, 15) is 9.90 Å². The monoisotopic (exact) mass is 389 g/mol. The molecule has 0 unspecified atom stereocenters. The number of phenolic OH excluding ortho intramolecular Hbond substituents is 1. The minimum Gasteiger partial charge on any atom is -0.506 e. The lowest BCUT2D eigenvalue weighted by Crippen LogP contribution is -2.19. The van der Waals surface area contributed by atoms with Gasteiger partial charge in [0.1, 0.15) is 5.75 Å². The third-order valence-electron chi connectivity index (χ3n) is 3.62. The van der Waals surface area contributed by atoms with Gasteiger partial charge >= 0.3 is 12.1 Å². The SMILES string of the molecule is N#Cc1ccc(NC(=O)Nc2ccc(-c3ccccc3)cc2)c(O)c1.NC(N)=O. The van der Waals surface area contributed by atoms with Crippen LogP contribution in [-0.2, 0) is 0 Å². The summed E-state index contributed by atoms with van der Waals surface area (Å²) in [5.41, 5.74) is 11.8. The zero-order valence-electron chi connectivity index (χ0n) is 15.3. The quantitative estimate of drug-likeness (QED) is 0.434. The molecule has 0 radical (unpaired) electrons. The Hall–Kier alpha value is -4.51. The number of phenols is 1. The maximum absolute atomic E-state index is 12.0. The summed E-state index contributed by atoms with van der Waals surface area (Å²) in [6, 6.07) is 22.3. The maximum atomic E-state index is 12.0. The molecule has 7 N–H and O–H groups in total. The molecule has 0 heterocycles. The van der Waals surface area contributed by atoms with Crippen molar-refractivity contribution in [1.82, 2.24) is 0 Å². The Labute approximate surface area is 167 Å². The van der Waals surface area contributed by atoms with E-state index in [1.165, 1.54) is 18.2 Å². The van der Waals surface area contributed by atoms with E-state index in [0.29, 0.717) is 11.3 Å². The second-order valence-electron chi connectivity index (χ2n) is 5.77. The topological polar surface area (TPSA) is 154 Å². The summed E-state index contributed by atoms with van der Waals surface area (Å²) in [6.07, 6.45) is 0. The van der Waals surface area contributed by atoms with Gasteiger partial charge in [0.2, 0.25) is 0 Å². The number of nitrogens with one attached hydrogen (secondary N) is 2. The Morgan fingerprint density at radius 3 is 2.00 bits per heavy atom. The van der Waals surface area contributed by atoms with Crippen LogP contribution in [0, 0.1) is 11.3 Å². The summed E-state index contributed by atoms with van der Waals surface area (Å²) in [7, 11) is 0. The Morgan fingerprint density at radius 1 is 0.862 bits per heavy atom. The number of amides is 4. The Bertz CT molecular complexity index is 1020. The molecule has 0 aliphatic heterocycles. The Morgan fingerprint density at radius 2 is 1.45 bits per heavy atom. The van der Waals surface area contributed by atoms with Crippen molar-refractivity contribution in [1.29, 1.82) is 5.26 Å². The van der Waals surface area contributed by atoms with E-state index in [1.807, 2.05) is 48.5 Å². The number of benzene rings is 3. The number of primary amides is 2. The van der Waals surface area contributed by atoms with E-state index in [0.717, 1.165) is 11.1 Å². The maximum Gasteiger partial charge on any atom is 0.323 e. The Kier molecular flexibility index (Phi) is 7.16. The summed E-state index contributed by atoms with van der Waals surface area (Å²) in [6.45, 7) is 0. The van der Waals surface area contributed by atoms with Crippen LogP contribution in [0.4, 0.5) is 21.0 Å². The molecule has 3 aromatic carbocycles. The molecule has 8 nitrogen and oxygen atoms in total. The highest BCUT2D eigenvalue weighted by Crippen LogP contribution is 2.25. The third kappa shape index (κ3) is 6.62. The third-order valence-corrected chi connectivity index (χ3v) is 3.62. The molecule has 0 saturated heterocycles. The highest BCUT2D eigenvalue weighted by atomic mass is 16.3. The molecule has 3 rings (SSSR count). The number of carbonyl (C=O) groups is 2. The van der Waals surface area contributed by atoms with E-state index >= 15 is 0 Å². The van der Waals surface area contributed by atoms with Crippen LogP contribution in [-0.4, -0.2) is 17.2 Å². The number of nitrogens with zero attached hydrogens (tertiary/aromatic N) is 1. The van der Waals surface area contributed by atoms with Crippen LogP contribution >= 0.6 is 0 Å². The van der Waals surface area contributed by atoms with Crippen molar-refractivity contribution in [3.8, 4) is 22.9 Å². The van der Waals surface area contributed by atoms with E-state index < -0.39 is 12.1 Å². The van der Waals surface area contributed by atoms with Gasteiger partial charge in [0.25, 0.3) is 0 Å². The molecular weight excluding hydrogens is 370 g/mol. The fraction of sp³-hybridized carbons (Fsp3) is 0. The molecule has 0 atom stereocenters. The second kappa shape index (κ2) is 9.99. The number of hydrogen-bond acceptors (Lipinski definition) is 4. The lowest BCUT2D eigenvalue weighted by Gasteiger charge is -2.10. The minimum atomic E-state index is -0.833. The van der Waals surface area contributed by atoms with Crippen LogP contribution in [0.15, 0.2) is 72.8 Å². The van der Waals surface area contributed by atoms with E-state index in [4.69, 9.17) is 10.1 Å². The molecule has 0 aromatic heterocycles. The van der Waals surface area contributed by atoms with Crippen molar-refractivity contribution >= 4 is 23.4 Å². The number of hydrogen-bond donors (Lipinski definition) is 5. The molecule has 0 bridgehead atoms. The smallest absolute Gasteiger partial charge is 0.323 e. The first-order chi connectivity index (χ1) is 13.9. The van der Waals surface area contributed by atoms with Crippen LogP contribution in [0.2, 0.25) is 0 Å². The first-order valence-corrected chi connectivity index (χ1v) is 8.40. The van der Waals surface area contributed by atoms with Gasteiger partial charge < -0.3 is 27.2 Å². The average Bonchev–Trinajstić information content (AvgIpc) is 2.70. The average molecular weight is 389 g/mol. The number of rotatable bonds is 3. The molecule has 0 aliphatic carbocycles. The van der Waals surface area contributed by atoms with Crippen LogP contribution in [0.5, 0.6) is 5.75 Å². The molecule has 8 heteroatoms. The first kappa shape index (κ1) is 20.8. The molecule has 0 fully saturated rings. The molecule has 0 aliphatic rings. The van der Waals surface area contributed by atoms with E-state index in [1.54, 1.807) is 12.1 Å². The minimum absolute atomic E-state index is 0.159. The Balaban J connectivity index is 0.000000687. The zero-order valence-corrected chi connectivity index (χ0v) is 15.3. The van der Waals surface area contributed by atoms with E-state index in [2.05, 4.69) is 22.1 Å². The molecular formula is C21H19N5O3. The van der Waals surface area contributed by atoms with Gasteiger partial charge in [0, 0.05) is 5.69 Å². The normalized spacial score (nSPS) is 9.34. The summed E-state index contributed by atoms with van der Waals surface area (Å²) in [4.78, 5) is 21.0. The van der Waals surface area contributed by atoms with Gasteiger partial charge in [0.15, 0.2) is 0 Å². The highest BCUT2D eigenvalue weighted by molar-refractivity contribution is 6.00. The van der Waals surface area contributed by atoms with Gasteiger partial charge in [-0.15, -0.1) is 0 Å². The molecule has 146 valence electrons. The molecule has 29 heavy (non-hydrogen) atoms. The van der Waals surface area contributed by atoms with Gasteiger partial charge in [0.05, 0.1) is 17.3 Å². The van der Waals surface area contributed by atoms with Crippen molar-refractivity contribution in [3.05, 3.63) is 78.4 Å². The summed E-state index contributed by atoms with van der Waals surface area (Å²) in [5, 5.41) is 23.8. The van der Waals surface area contributed by atoms with Gasteiger partial charge in [-0.1, -0.05) is 42.5 Å². The van der Waals surface area contributed by atoms with Gasteiger partial charge in [-0.2, -0.15) is 5.26 Å². The van der Waals surface area contributed by atoms with E-state index in [-0.39, 0.29) is 11.4 Å². The van der Waals surface area contributed by atoms with Gasteiger partial charge in [-0.3, -0.25) is 0 Å². The standard InChI is InChI=1S/C20H15N3O2.CH4N2O/c21-13-14-6-11-18(19(24)12-14)23-20(25)22-17-9-7-16(8-10-17)15-4-2-1-3-5-15;2-1(3)4/h1-12,24H,(H2,22,23,25);(H4,2,3,4). The number of anilines is 2. The highest BCUT2D eigenvalue weighted by Gasteiger charge is 2.07. The fourth-order valence-corrected chi connectivity index (χ4v) is 2.37. The molecule has 4 amide bonds. The van der Waals surface area contributed by atoms with Crippen molar-refractivity contribution in [2.45, 2.75) is 0 Å². The zero-order chi connectivity index (χ0) is 21.2. The predicted molar refractivity (Wildman–Crippen MR) is 111 cm³/mol.